The van der Waals surface area contributed by atoms with E-state index in [1.165, 1.54) is 12.1 Å². The quantitative estimate of drug-likeness (QED) is 0.779. The summed E-state index contributed by atoms with van der Waals surface area (Å²) < 4.78 is 14.8. The highest BCUT2D eigenvalue weighted by Gasteiger charge is 2.04. The summed E-state index contributed by atoms with van der Waals surface area (Å²) in [7, 11) is 0. The van der Waals surface area contributed by atoms with Crippen LogP contribution in [0.5, 0.6) is 0 Å². The Labute approximate surface area is 127 Å². The van der Waals surface area contributed by atoms with Gasteiger partial charge in [0.15, 0.2) is 0 Å². The van der Waals surface area contributed by atoms with E-state index >= 15 is 0 Å². The van der Waals surface area contributed by atoms with E-state index in [2.05, 4.69) is 10.4 Å². The number of hydrogen-bond acceptors (Lipinski definition) is 2. The van der Waals surface area contributed by atoms with Crippen LogP contribution in [0.3, 0.4) is 0 Å². The van der Waals surface area contributed by atoms with Gasteiger partial charge in [-0.25, -0.2) is 9.07 Å². The second-order valence-electron chi connectivity index (χ2n) is 4.60. The van der Waals surface area contributed by atoms with Crippen molar-refractivity contribution in [3.8, 4) is 5.69 Å². The third-order valence-electron chi connectivity index (χ3n) is 3.08. The highest BCUT2D eigenvalue weighted by molar-refractivity contribution is 6.32. The number of aromatic nitrogens is 2. The van der Waals surface area contributed by atoms with Gasteiger partial charge >= 0.3 is 0 Å². The van der Waals surface area contributed by atoms with Crippen molar-refractivity contribution < 1.29 is 4.39 Å². The largest absolute Gasteiger partial charge is 0.381 e. The molecule has 0 atom stereocenters. The number of rotatable bonds is 4. The highest BCUT2D eigenvalue weighted by atomic mass is 35.5. The Morgan fingerprint density at radius 3 is 2.76 bits per heavy atom. The molecule has 0 fully saturated rings. The topological polar surface area (TPSA) is 29.9 Å². The van der Waals surface area contributed by atoms with Crippen LogP contribution >= 0.6 is 11.6 Å². The smallest absolute Gasteiger partial charge is 0.123 e. The third-order valence-corrected chi connectivity index (χ3v) is 3.39. The van der Waals surface area contributed by atoms with Gasteiger partial charge in [-0.2, -0.15) is 5.10 Å². The molecule has 3 aromatic rings. The molecule has 0 radical (unpaired) electrons. The van der Waals surface area contributed by atoms with Crippen molar-refractivity contribution in [2.24, 2.45) is 0 Å². The van der Waals surface area contributed by atoms with Gasteiger partial charge < -0.3 is 5.32 Å². The molecule has 0 saturated carbocycles. The van der Waals surface area contributed by atoms with E-state index < -0.39 is 0 Å². The normalized spacial score (nSPS) is 10.6. The molecule has 0 bridgehead atoms. The fourth-order valence-electron chi connectivity index (χ4n) is 2.07. The van der Waals surface area contributed by atoms with E-state index in [1.807, 2.05) is 36.5 Å². The Kier molecular flexibility index (Phi) is 3.88. The van der Waals surface area contributed by atoms with Crippen LogP contribution in [0.25, 0.3) is 5.69 Å². The molecule has 0 aliphatic carbocycles. The Balaban J connectivity index is 1.74. The minimum atomic E-state index is -0.235. The summed E-state index contributed by atoms with van der Waals surface area (Å²) in [4.78, 5) is 0. The second kappa shape index (κ2) is 5.97. The number of anilines is 1. The van der Waals surface area contributed by atoms with Crippen LogP contribution in [0, 0.1) is 5.82 Å². The SMILES string of the molecule is Fc1cccc(CNc2ccc(-n3cccn3)c(Cl)c2)c1. The predicted octanol–water partition coefficient (Wildman–Crippen LogP) is 4.28. The van der Waals surface area contributed by atoms with Gasteiger partial charge in [0.2, 0.25) is 0 Å². The summed E-state index contributed by atoms with van der Waals surface area (Å²) in [6.07, 6.45) is 3.54. The fraction of sp³-hybridized carbons (Fsp3) is 0.0625. The summed E-state index contributed by atoms with van der Waals surface area (Å²) in [5.74, 6) is -0.235. The third kappa shape index (κ3) is 3.23. The molecule has 1 N–H and O–H groups in total. The van der Waals surface area contributed by atoms with Crippen molar-refractivity contribution in [1.29, 1.82) is 0 Å². The summed E-state index contributed by atoms with van der Waals surface area (Å²) in [6.45, 7) is 0.537. The zero-order chi connectivity index (χ0) is 14.7. The van der Waals surface area contributed by atoms with Crippen molar-refractivity contribution in [2.75, 3.05) is 5.32 Å². The lowest BCUT2D eigenvalue weighted by Crippen LogP contribution is -2.01. The predicted molar refractivity (Wildman–Crippen MR) is 82.3 cm³/mol. The van der Waals surface area contributed by atoms with Crippen molar-refractivity contribution in [3.63, 3.8) is 0 Å². The highest BCUT2D eigenvalue weighted by Crippen LogP contribution is 2.24. The first kappa shape index (κ1) is 13.6. The summed E-state index contributed by atoms with van der Waals surface area (Å²) in [5, 5.41) is 7.97. The average molecular weight is 302 g/mol. The lowest BCUT2D eigenvalue weighted by molar-refractivity contribution is 0.626. The first-order chi connectivity index (χ1) is 10.2. The van der Waals surface area contributed by atoms with E-state index in [9.17, 15) is 4.39 Å². The number of halogens is 2. The summed E-state index contributed by atoms with van der Waals surface area (Å²) >= 11 is 6.27. The molecule has 5 heteroatoms. The molecular weight excluding hydrogens is 289 g/mol. The van der Waals surface area contributed by atoms with Crippen LogP contribution in [0.2, 0.25) is 5.02 Å². The van der Waals surface area contributed by atoms with Crippen LogP contribution in [0.4, 0.5) is 10.1 Å². The monoisotopic (exact) mass is 301 g/mol. The maximum absolute atomic E-state index is 13.1. The summed E-state index contributed by atoms with van der Waals surface area (Å²) in [6, 6.07) is 14.0. The fourth-order valence-corrected chi connectivity index (χ4v) is 2.33. The van der Waals surface area contributed by atoms with Crippen molar-refractivity contribution in [2.45, 2.75) is 6.54 Å². The summed E-state index contributed by atoms with van der Waals surface area (Å²) in [5.41, 5.74) is 2.57. The molecule has 0 unspecified atom stereocenters. The average Bonchev–Trinajstić information content (AvgIpc) is 2.99. The zero-order valence-electron chi connectivity index (χ0n) is 11.1. The molecule has 3 nitrogen and oxygen atoms in total. The van der Waals surface area contributed by atoms with E-state index in [-0.39, 0.29) is 5.82 Å². The van der Waals surface area contributed by atoms with Gasteiger partial charge in [0.05, 0.1) is 10.7 Å². The second-order valence-corrected chi connectivity index (χ2v) is 5.01. The van der Waals surface area contributed by atoms with Crippen LogP contribution < -0.4 is 5.32 Å². The van der Waals surface area contributed by atoms with Gasteiger partial charge in [-0.05, 0) is 42.0 Å². The molecule has 0 aliphatic rings. The molecular formula is C16H13ClFN3. The lowest BCUT2D eigenvalue weighted by atomic mass is 10.2. The molecule has 0 aliphatic heterocycles. The Morgan fingerprint density at radius 2 is 2.05 bits per heavy atom. The molecule has 0 saturated heterocycles. The van der Waals surface area contributed by atoms with Crippen LogP contribution in [0.1, 0.15) is 5.56 Å². The van der Waals surface area contributed by atoms with Crippen molar-refractivity contribution in [1.82, 2.24) is 9.78 Å². The lowest BCUT2D eigenvalue weighted by Gasteiger charge is -2.10. The molecule has 3 rings (SSSR count). The minimum Gasteiger partial charge on any atom is -0.381 e. The van der Waals surface area contributed by atoms with Gasteiger partial charge in [-0.15, -0.1) is 0 Å². The first-order valence-electron chi connectivity index (χ1n) is 6.50. The Morgan fingerprint density at radius 1 is 1.14 bits per heavy atom. The van der Waals surface area contributed by atoms with Crippen molar-refractivity contribution in [3.05, 3.63) is 77.3 Å². The Hall–Kier alpha value is -2.33. The van der Waals surface area contributed by atoms with Crippen LogP contribution in [0.15, 0.2) is 60.9 Å². The van der Waals surface area contributed by atoms with E-state index in [0.29, 0.717) is 11.6 Å². The number of hydrogen-bond donors (Lipinski definition) is 1. The van der Waals surface area contributed by atoms with Crippen molar-refractivity contribution >= 4 is 17.3 Å². The molecule has 21 heavy (non-hydrogen) atoms. The van der Waals surface area contributed by atoms with Gasteiger partial charge in [0.25, 0.3) is 0 Å². The minimum absolute atomic E-state index is 0.235. The molecule has 106 valence electrons. The number of nitrogens with one attached hydrogen (secondary N) is 1. The maximum atomic E-state index is 13.1. The Bertz CT molecular complexity index is 741. The van der Waals surface area contributed by atoms with E-state index in [0.717, 1.165) is 16.9 Å². The van der Waals surface area contributed by atoms with Gasteiger partial charge in [-0.1, -0.05) is 23.7 Å². The molecule has 0 spiro atoms. The van der Waals surface area contributed by atoms with Gasteiger partial charge in [0.1, 0.15) is 5.82 Å². The molecule has 1 aromatic heterocycles. The molecule has 1 heterocycles. The van der Waals surface area contributed by atoms with Crippen LogP contribution in [-0.4, -0.2) is 9.78 Å². The standard InChI is InChI=1S/C16H13ClFN3/c17-15-10-14(5-6-16(15)21-8-2-7-20-21)19-11-12-3-1-4-13(18)9-12/h1-10,19H,11H2. The van der Waals surface area contributed by atoms with E-state index in [1.54, 1.807) is 16.9 Å². The maximum Gasteiger partial charge on any atom is 0.123 e. The van der Waals surface area contributed by atoms with E-state index in [4.69, 9.17) is 11.6 Å². The van der Waals surface area contributed by atoms with Crippen LogP contribution in [-0.2, 0) is 6.54 Å². The van der Waals surface area contributed by atoms with Gasteiger partial charge in [-0.3, -0.25) is 0 Å². The molecule has 2 aromatic carbocycles. The number of nitrogens with zero attached hydrogens (tertiary/aromatic N) is 2. The zero-order valence-corrected chi connectivity index (χ0v) is 11.9. The molecule has 0 amide bonds. The first-order valence-corrected chi connectivity index (χ1v) is 6.88. The van der Waals surface area contributed by atoms with Gasteiger partial charge in [0, 0.05) is 24.6 Å². The number of benzene rings is 2.